The van der Waals surface area contributed by atoms with Crippen molar-refractivity contribution >= 4 is 29.6 Å². The number of nitro groups is 1. The lowest BCUT2D eigenvalue weighted by atomic mass is 10.0. The molecule has 0 bridgehead atoms. The minimum absolute atomic E-state index is 0.0179. The Balaban J connectivity index is 1.99. The second kappa shape index (κ2) is 6.76. The fourth-order valence-corrected chi connectivity index (χ4v) is 2.96. The van der Waals surface area contributed by atoms with Crippen LogP contribution in [0.4, 0.5) is 10.5 Å². The van der Waals surface area contributed by atoms with E-state index in [9.17, 15) is 24.5 Å². The zero-order valence-electron chi connectivity index (χ0n) is 15.7. The molecule has 1 aliphatic heterocycles. The molecule has 2 aromatic rings. The molecule has 0 saturated carbocycles. The molecule has 1 aliphatic rings. The van der Waals surface area contributed by atoms with Crippen LogP contribution in [-0.2, 0) is 9.59 Å². The normalized spacial score (nSPS) is 14.7. The summed E-state index contributed by atoms with van der Waals surface area (Å²) < 4.78 is 5.73. The van der Waals surface area contributed by atoms with E-state index in [1.807, 2.05) is 0 Å². The van der Waals surface area contributed by atoms with Crippen LogP contribution in [0.2, 0.25) is 0 Å². The van der Waals surface area contributed by atoms with Gasteiger partial charge in [0.25, 0.3) is 17.5 Å². The van der Waals surface area contributed by atoms with Crippen LogP contribution in [0.15, 0.2) is 34.3 Å². The summed E-state index contributed by atoms with van der Waals surface area (Å²) in [5.41, 5.74) is 1.63. The molecule has 0 aliphatic carbocycles. The summed E-state index contributed by atoms with van der Waals surface area (Å²) in [7, 11) is 2.58. The molecule has 1 aromatic carbocycles. The van der Waals surface area contributed by atoms with Gasteiger partial charge in [-0.25, -0.2) is 4.79 Å². The quantitative estimate of drug-likeness (QED) is 0.348. The summed E-state index contributed by atoms with van der Waals surface area (Å²) >= 11 is 0. The van der Waals surface area contributed by atoms with Gasteiger partial charge in [-0.2, -0.15) is 0 Å². The van der Waals surface area contributed by atoms with Crippen molar-refractivity contribution in [3.05, 3.63) is 56.8 Å². The van der Waals surface area contributed by atoms with Gasteiger partial charge in [-0.15, -0.1) is 0 Å². The Morgan fingerprint density at radius 3 is 2.18 bits per heavy atom. The van der Waals surface area contributed by atoms with Crippen LogP contribution in [0.1, 0.15) is 16.9 Å². The molecule has 28 heavy (non-hydrogen) atoms. The van der Waals surface area contributed by atoms with Crippen LogP contribution < -0.4 is 0 Å². The van der Waals surface area contributed by atoms with Crippen molar-refractivity contribution in [3.8, 4) is 11.3 Å². The number of hydrogen-bond acceptors (Lipinski definition) is 6. The van der Waals surface area contributed by atoms with Crippen molar-refractivity contribution in [2.45, 2.75) is 13.8 Å². The minimum atomic E-state index is -0.714. The predicted octanol–water partition coefficient (Wildman–Crippen LogP) is 2.91. The smallest absolute Gasteiger partial charge is 0.333 e. The van der Waals surface area contributed by atoms with Gasteiger partial charge in [0.05, 0.1) is 4.92 Å². The summed E-state index contributed by atoms with van der Waals surface area (Å²) in [4.78, 5) is 48.6. The number of aryl methyl sites for hydroxylation is 2. The van der Waals surface area contributed by atoms with Crippen LogP contribution in [0, 0.1) is 24.0 Å². The van der Waals surface area contributed by atoms with Gasteiger partial charge in [0.2, 0.25) is 0 Å². The van der Waals surface area contributed by atoms with E-state index in [1.165, 1.54) is 26.2 Å². The van der Waals surface area contributed by atoms with Crippen molar-refractivity contribution in [2.24, 2.45) is 0 Å². The van der Waals surface area contributed by atoms with E-state index in [-0.39, 0.29) is 17.0 Å². The summed E-state index contributed by atoms with van der Waals surface area (Å²) in [5, 5.41) is 11.1. The third-order valence-corrected chi connectivity index (χ3v) is 4.56. The Labute approximate surface area is 160 Å². The maximum atomic E-state index is 12.3. The van der Waals surface area contributed by atoms with Crippen molar-refractivity contribution < 1.29 is 23.7 Å². The number of barbiturate groups is 1. The number of carbonyl (C=O) groups excluding carboxylic acids is 3. The van der Waals surface area contributed by atoms with Crippen LogP contribution in [0.25, 0.3) is 17.4 Å². The van der Waals surface area contributed by atoms with E-state index < -0.39 is 22.8 Å². The number of urea groups is 1. The van der Waals surface area contributed by atoms with E-state index in [4.69, 9.17) is 4.42 Å². The minimum Gasteiger partial charge on any atom is -0.457 e. The summed E-state index contributed by atoms with van der Waals surface area (Å²) in [6.07, 6.45) is 1.28. The number of hydrogen-bond donors (Lipinski definition) is 0. The lowest BCUT2D eigenvalue weighted by Gasteiger charge is -2.28. The van der Waals surface area contributed by atoms with Gasteiger partial charge in [-0.05, 0) is 43.7 Å². The Bertz CT molecular complexity index is 1040. The highest BCUT2D eigenvalue weighted by Crippen LogP contribution is 2.32. The molecular formula is C19H17N3O6. The maximum absolute atomic E-state index is 12.3. The number of benzene rings is 1. The predicted molar refractivity (Wildman–Crippen MR) is 99.2 cm³/mol. The van der Waals surface area contributed by atoms with E-state index in [1.54, 1.807) is 32.0 Å². The average molecular weight is 383 g/mol. The first-order valence-corrected chi connectivity index (χ1v) is 8.29. The van der Waals surface area contributed by atoms with Gasteiger partial charge < -0.3 is 4.42 Å². The fraction of sp³-hybridized carbons (Fsp3) is 0.211. The molecule has 1 aromatic heterocycles. The van der Waals surface area contributed by atoms with Crippen LogP contribution in [0.5, 0.6) is 0 Å². The van der Waals surface area contributed by atoms with E-state index in [0.29, 0.717) is 22.5 Å². The highest BCUT2D eigenvalue weighted by molar-refractivity contribution is 6.30. The molecular weight excluding hydrogens is 366 g/mol. The SMILES string of the molecule is Cc1cc([N+](=O)[O-])c(C)cc1-c1ccc(C=C2C(=O)N(C)C(=O)N(C)C2=O)o1. The van der Waals surface area contributed by atoms with Gasteiger partial charge in [0.15, 0.2) is 0 Å². The van der Waals surface area contributed by atoms with Crippen LogP contribution in [-0.4, -0.2) is 46.7 Å². The second-order valence-electron chi connectivity index (χ2n) is 6.48. The van der Waals surface area contributed by atoms with Crippen LogP contribution >= 0.6 is 0 Å². The molecule has 144 valence electrons. The molecule has 1 saturated heterocycles. The number of nitro benzene ring substituents is 1. The maximum Gasteiger partial charge on any atom is 0.333 e. The number of imide groups is 2. The number of nitrogens with zero attached hydrogens (tertiary/aromatic N) is 3. The first kappa shape index (κ1) is 19.0. The van der Waals surface area contributed by atoms with Crippen molar-refractivity contribution in [2.75, 3.05) is 14.1 Å². The number of likely N-dealkylation sites (N-methyl/N-ethyl adjacent to an activating group) is 2. The van der Waals surface area contributed by atoms with Gasteiger partial charge in [-0.3, -0.25) is 29.5 Å². The molecule has 0 radical (unpaired) electrons. The Morgan fingerprint density at radius 1 is 1.00 bits per heavy atom. The average Bonchev–Trinajstić information content (AvgIpc) is 3.11. The van der Waals surface area contributed by atoms with Gasteiger partial charge in [0.1, 0.15) is 17.1 Å². The molecule has 0 spiro atoms. The summed E-state index contributed by atoms with van der Waals surface area (Å²) in [5.74, 6) is -0.740. The van der Waals surface area contributed by atoms with E-state index in [2.05, 4.69) is 0 Å². The van der Waals surface area contributed by atoms with Crippen molar-refractivity contribution in [3.63, 3.8) is 0 Å². The zero-order chi connectivity index (χ0) is 20.7. The van der Waals surface area contributed by atoms with Gasteiger partial charge >= 0.3 is 6.03 Å². The molecule has 0 atom stereocenters. The lowest BCUT2D eigenvalue weighted by Crippen LogP contribution is -2.52. The molecule has 2 heterocycles. The Kier molecular flexibility index (Phi) is 4.60. The largest absolute Gasteiger partial charge is 0.457 e. The first-order chi connectivity index (χ1) is 13.1. The Hall–Kier alpha value is -3.75. The van der Waals surface area contributed by atoms with E-state index >= 15 is 0 Å². The lowest BCUT2D eigenvalue weighted by molar-refractivity contribution is -0.385. The summed E-state index contributed by atoms with van der Waals surface area (Å²) in [6.45, 7) is 3.36. The molecule has 0 N–H and O–H groups in total. The number of furan rings is 1. The standard InChI is InChI=1S/C19H17N3O6/c1-10-8-15(22(26)27)11(2)7-13(10)16-6-5-12(28-16)9-14-17(23)20(3)19(25)21(4)18(14)24/h5-9H,1-4H3. The number of amides is 4. The molecule has 9 nitrogen and oxygen atoms in total. The van der Waals surface area contributed by atoms with Crippen molar-refractivity contribution in [1.29, 1.82) is 0 Å². The van der Waals surface area contributed by atoms with Crippen molar-refractivity contribution in [1.82, 2.24) is 9.80 Å². The monoisotopic (exact) mass is 383 g/mol. The zero-order valence-corrected chi connectivity index (χ0v) is 15.7. The fourth-order valence-electron chi connectivity index (χ4n) is 2.96. The third-order valence-electron chi connectivity index (χ3n) is 4.56. The molecule has 4 amide bonds. The molecule has 3 rings (SSSR count). The first-order valence-electron chi connectivity index (χ1n) is 8.29. The molecule has 0 unspecified atom stereocenters. The van der Waals surface area contributed by atoms with E-state index in [0.717, 1.165) is 9.80 Å². The number of carbonyl (C=O) groups is 3. The number of rotatable bonds is 3. The molecule has 9 heteroatoms. The molecule has 1 fully saturated rings. The van der Waals surface area contributed by atoms with Gasteiger partial charge in [-0.1, -0.05) is 0 Å². The summed E-state index contributed by atoms with van der Waals surface area (Å²) in [6, 6.07) is 5.64. The third kappa shape index (κ3) is 3.07. The topological polar surface area (TPSA) is 114 Å². The van der Waals surface area contributed by atoms with Gasteiger partial charge in [0, 0.05) is 31.3 Å². The highest BCUT2D eigenvalue weighted by atomic mass is 16.6. The van der Waals surface area contributed by atoms with Crippen LogP contribution in [0.3, 0.4) is 0 Å². The second-order valence-corrected chi connectivity index (χ2v) is 6.48. The highest BCUT2D eigenvalue weighted by Gasteiger charge is 2.38. The Morgan fingerprint density at radius 2 is 1.61 bits per heavy atom.